The fraction of sp³-hybridized carbons (Fsp3) is 0.385. The molecule has 2 rings (SSSR count). The molecule has 1 aliphatic rings. The Morgan fingerprint density at radius 1 is 1.19 bits per heavy atom. The molecule has 8 heteroatoms. The van der Waals surface area contributed by atoms with Gasteiger partial charge in [0, 0.05) is 0 Å². The second-order valence-corrected chi connectivity index (χ2v) is 4.66. The molecule has 5 nitrogen and oxygen atoms in total. The lowest BCUT2D eigenvalue weighted by Crippen LogP contribution is -2.41. The van der Waals surface area contributed by atoms with Crippen LogP contribution in [0.1, 0.15) is 12.8 Å². The van der Waals surface area contributed by atoms with Gasteiger partial charge in [-0.1, -0.05) is 12.1 Å². The minimum Gasteiger partial charge on any atom is -0.481 e. The molecule has 1 aliphatic carbocycles. The lowest BCUT2D eigenvalue weighted by atomic mass is 9.73. The fourth-order valence-electron chi connectivity index (χ4n) is 2.12. The highest BCUT2D eigenvalue weighted by atomic mass is 19.4. The van der Waals surface area contributed by atoms with Crippen LogP contribution >= 0.6 is 0 Å². The number of hydrogen-bond acceptors (Lipinski definition) is 3. The highest BCUT2D eigenvalue weighted by molar-refractivity contribution is 5.97. The van der Waals surface area contributed by atoms with E-state index in [0.717, 1.165) is 6.07 Å². The van der Waals surface area contributed by atoms with E-state index in [4.69, 9.17) is 5.11 Å². The maximum absolute atomic E-state index is 12.2. The number of amides is 1. The molecule has 2 atom stereocenters. The maximum atomic E-state index is 12.2. The summed E-state index contributed by atoms with van der Waals surface area (Å²) in [5.74, 6) is -3.76. The molecule has 1 amide bonds. The van der Waals surface area contributed by atoms with E-state index in [1.54, 1.807) is 0 Å². The third kappa shape index (κ3) is 3.65. The third-order valence-electron chi connectivity index (χ3n) is 3.30. The smallest absolute Gasteiger partial charge is 0.481 e. The second-order valence-electron chi connectivity index (χ2n) is 4.66. The van der Waals surface area contributed by atoms with Crippen molar-refractivity contribution in [3.8, 4) is 5.75 Å². The van der Waals surface area contributed by atoms with Gasteiger partial charge in [-0.2, -0.15) is 0 Å². The zero-order valence-electron chi connectivity index (χ0n) is 10.7. The Labute approximate surface area is 117 Å². The van der Waals surface area contributed by atoms with Gasteiger partial charge in [-0.05, 0) is 25.0 Å². The van der Waals surface area contributed by atoms with Crippen molar-refractivity contribution in [1.29, 1.82) is 0 Å². The Morgan fingerprint density at radius 3 is 2.33 bits per heavy atom. The van der Waals surface area contributed by atoms with Gasteiger partial charge >= 0.3 is 12.3 Å². The maximum Gasteiger partial charge on any atom is 0.573 e. The van der Waals surface area contributed by atoms with Gasteiger partial charge in [0.2, 0.25) is 5.91 Å². The number of carboxylic acids is 1. The number of para-hydroxylation sites is 2. The SMILES string of the molecule is O=C(O)C1CCC1C(=O)Nc1ccccc1OC(F)(F)F. The average Bonchev–Trinajstić information content (AvgIpc) is 2.27. The number of rotatable bonds is 4. The van der Waals surface area contributed by atoms with E-state index >= 15 is 0 Å². The van der Waals surface area contributed by atoms with Crippen molar-refractivity contribution in [2.75, 3.05) is 5.32 Å². The minimum absolute atomic E-state index is 0.143. The summed E-state index contributed by atoms with van der Waals surface area (Å²) in [5, 5.41) is 11.2. The summed E-state index contributed by atoms with van der Waals surface area (Å²) >= 11 is 0. The average molecular weight is 303 g/mol. The molecule has 0 bridgehead atoms. The molecule has 0 saturated heterocycles. The predicted octanol–water partition coefficient (Wildman–Crippen LogP) is 2.63. The Balaban J connectivity index is 2.09. The molecule has 2 unspecified atom stereocenters. The van der Waals surface area contributed by atoms with Gasteiger partial charge in [-0.3, -0.25) is 9.59 Å². The summed E-state index contributed by atoms with van der Waals surface area (Å²) in [6.45, 7) is 0. The molecule has 1 aromatic rings. The monoisotopic (exact) mass is 303 g/mol. The molecule has 0 radical (unpaired) electrons. The Hall–Kier alpha value is -2.25. The molecular formula is C13H12F3NO4. The van der Waals surface area contributed by atoms with E-state index in [-0.39, 0.29) is 5.69 Å². The molecule has 1 aromatic carbocycles. The van der Waals surface area contributed by atoms with Crippen molar-refractivity contribution in [3.63, 3.8) is 0 Å². The molecule has 1 saturated carbocycles. The van der Waals surface area contributed by atoms with Gasteiger partial charge in [0.05, 0.1) is 17.5 Å². The number of halogens is 3. The number of anilines is 1. The summed E-state index contributed by atoms with van der Waals surface area (Å²) in [6, 6.07) is 5.10. The molecule has 114 valence electrons. The number of benzene rings is 1. The molecule has 1 fully saturated rings. The zero-order valence-corrected chi connectivity index (χ0v) is 10.7. The van der Waals surface area contributed by atoms with Crippen LogP contribution in [0, 0.1) is 11.8 Å². The first kappa shape index (κ1) is 15.1. The first-order valence-corrected chi connectivity index (χ1v) is 6.16. The van der Waals surface area contributed by atoms with Gasteiger partial charge < -0.3 is 15.2 Å². The van der Waals surface area contributed by atoms with Crippen LogP contribution < -0.4 is 10.1 Å². The summed E-state index contributed by atoms with van der Waals surface area (Å²) in [4.78, 5) is 22.8. The van der Waals surface area contributed by atoms with Crippen molar-refractivity contribution in [3.05, 3.63) is 24.3 Å². The topological polar surface area (TPSA) is 75.6 Å². The molecule has 21 heavy (non-hydrogen) atoms. The van der Waals surface area contributed by atoms with E-state index in [1.807, 2.05) is 0 Å². The van der Waals surface area contributed by atoms with Crippen LogP contribution in [-0.4, -0.2) is 23.3 Å². The summed E-state index contributed by atoms with van der Waals surface area (Å²) in [6.07, 6.45) is -4.10. The Bertz CT molecular complexity index is 559. The highest BCUT2D eigenvalue weighted by Gasteiger charge is 2.41. The Morgan fingerprint density at radius 2 is 1.81 bits per heavy atom. The normalized spacial score (nSPS) is 21.3. The van der Waals surface area contributed by atoms with Crippen LogP contribution in [0.2, 0.25) is 0 Å². The molecule has 0 aromatic heterocycles. The van der Waals surface area contributed by atoms with Crippen LogP contribution in [-0.2, 0) is 9.59 Å². The third-order valence-corrected chi connectivity index (χ3v) is 3.30. The highest BCUT2D eigenvalue weighted by Crippen LogP contribution is 2.36. The molecule has 0 spiro atoms. The van der Waals surface area contributed by atoms with Crippen molar-refractivity contribution >= 4 is 17.6 Å². The number of carboxylic acid groups (broad SMARTS) is 1. The first-order chi connectivity index (χ1) is 9.78. The number of alkyl halides is 3. The summed E-state index contributed by atoms with van der Waals surface area (Å²) < 4.78 is 40.6. The van der Waals surface area contributed by atoms with Crippen LogP contribution in [0.3, 0.4) is 0 Å². The Kier molecular flexibility index (Phi) is 4.06. The van der Waals surface area contributed by atoms with Crippen LogP contribution in [0.5, 0.6) is 5.75 Å². The van der Waals surface area contributed by atoms with Crippen LogP contribution in [0.15, 0.2) is 24.3 Å². The number of ether oxygens (including phenoxy) is 1. The summed E-state index contributed by atoms with van der Waals surface area (Å²) in [7, 11) is 0. The first-order valence-electron chi connectivity index (χ1n) is 6.16. The summed E-state index contributed by atoms with van der Waals surface area (Å²) in [5.41, 5.74) is -0.143. The van der Waals surface area contributed by atoms with Gasteiger partial charge in [0.1, 0.15) is 0 Å². The largest absolute Gasteiger partial charge is 0.573 e. The number of nitrogens with one attached hydrogen (secondary N) is 1. The van der Waals surface area contributed by atoms with Crippen molar-refractivity contribution in [1.82, 2.24) is 0 Å². The number of carbonyl (C=O) groups is 2. The van der Waals surface area contributed by atoms with E-state index in [0.29, 0.717) is 12.8 Å². The predicted molar refractivity (Wildman–Crippen MR) is 65.6 cm³/mol. The van der Waals surface area contributed by atoms with Crippen molar-refractivity contribution < 1.29 is 32.6 Å². The van der Waals surface area contributed by atoms with Gasteiger partial charge in [-0.25, -0.2) is 0 Å². The quantitative estimate of drug-likeness (QED) is 0.896. The zero-order chi connectivity index (χ0) is 15.6. The van der Waals surface area contributed by atoms with Crippen LogP contribution in [0.4, 0.5) is 18.9 Å². The number of hydrogen-bond donors (Lipinski definition) is 2. The van der Waals surface area contributed by atoms with Crippen LogP contribution in [0.25, 0.3) is 0 Å². The second kappa shape index (κ2) is 5.63. The molecule has 2 N–H and O–H groups in total. The van der Waals surface area contributed by atoms with E-state index < -0.39 is 35.8 Å². The van der Waals surface area contributed by atoms with E-state index in [9.17, 15) is 22.8 Å². The lowest BCUT2D eigenvalue weighted by Gasteiger charge is -2.32. The van der Waals surface area contributed by atoms with Crippen molar-refractivity contribution in [2.24, 2.45) is 11.8 Å². The number of aliphatic carboxylic acids is 1. The van der Waals surface area contributed by atoms with Gasteiger partial charge in [0.15, 0.2) is 5.75 Å². The van der Waals surface area contributed by atoms with E-state index in [2.05, 4.69) is 10.1 Å². The van der Waals surface area contributed by atoms with Gasteiger partial charge in [-0.15, -0.1) is 13.2 Å². The van der Waals surface area contributed by atoms with Crippen molar-refractivity contribution in [2.45, 2.75) is 19.2 Å². The van der Waals surface area contributed by atoms with E-state index in [1.165, 1.54) is 18.2 Å². The molecular weight excluding hydrogens is 291 g/mol. The minimum atomic E-state index is -4.87. The number of carbonyl (C=O) groups excluding carboxylic acids is 1. The fourth-order valence-corrected chi connectivity index (χ4v) is 2.12. The van der Waals surface area contributed by atoms with Gasteiger partial charge in [0.25, 0.3) is 0 Å². The molecule has 0 heterocycles. The standard InChI is InChI=1S/C13H12F3NO4/c14-13(15,16)21-10-4-2-1-3-9(10)17-11(18)7-5-6-8(7)12(19)20/h1-4,7-8H,5-6H2,(H,17,18)(H,19,20). The lowest BCUT2D eigenvalue weighted by molar-refractivity contribution is -0.274. The molecule has 0 aliphatic heterocycles.